The fourth-order valence-electron chi connectivity index (χ4n) is 4.55. The minimum atomic E-state index is -0.420. The van der Waals surface area contributed by atoms with Crippen LogP contribution in [0.3, 0.4) is 0 Å². The molecular weight excluding hydrogens is 518 g/mol. The fraction of sp³-hybridized carbons (Fsp3) is 0.300. The van der Waals surface area contributed by atoms with Gasteiger partial charge in [-0.25, -0.2) is 4.79 Å². The van der Waals surface area contributed by atoms with Crippen molar-refractivity contribution in [3.05, 3.63) is 80.5 Å². The lowest BCUT2D eigenvalue weighted by Gasteiger charge is -2.18. The molecule has 0 aliphatic heterocycles. The Morgan fingerprint density at radius 1 is 1.13 bits per heavy atom. The summed E-state index contributed by atoms with van der Waals surface area (Å²) in [5.74, 6) is 0.663. The molecule has 4 aromatic rings. The number of fused-ring (bicyclic) bond motifs is 2. The van der Waals surface area contributed by atoms with Gasteiger partial charge in [0.2, 0.25) is 11.2 Å². The van der Waals surface area contributed by atoms with Gasteiger partial charge in [-0.15, -0.1) is 11.3 Å². The number of carbonyl (C=O) groups is 2. The summed E-state index contributed by atoms with van der Waals surface area (Å²) in [7, 11) is 0. The molecule has 5 rings (SSSR count). The molecule has 0 saturated carbocycles. The summed E-state index contributed by atoms with van der Waals surface area (Å²) in [4.78, 5) is 39.5. The van der Waals surface area contributed by atoms with E-state index in [1.807, 2.05) is 19.1 Å². The molecule has 202 valence electrons. The van der Waals surface area contributed by atoms with Gasteiger partial charge in [0.05, 0.1) is 17.6 Å². The molecule has 0 spiro atoms. The van der Waals surface area contributed by atoms with Crippen LogP contribution >= 0.6 is 11.3 Å². The van der Waals surface area contributed by atoms with Crippen LogP contribution in [0.25, 0.3) is 11.0 Å². The van der Waals surface area contributed by atoms with Gasteiger partial charge in [-0.05, 0) is 68.9 Å². The average molecular weight is 548 g/mol. The molecule has 1 aliphatic carbocycles. The Morgan fingerprint density at radius 3 is 2.67 bits per heavy atom. The number of rotatable bonds is 8. The van der Waals surface area contributed by atoms with Crippen molar-refractivity contribution in [3.8, 4) is 17.2 Å². The van der Waals surface area contributed by atoms with Crippen molar-refractivity contribution in [2.24, 2.45) is 5.92 Å². The van der Waals surface area contributed by atoms with Gasteiger partial charge in [-0.1, -0.05) is 24.6 Å². The third-order valence-electron chi connectivity index (χ3n) is 6.58. The van der Waals surface area contributed by atoms with Gasteiger partial charge in [-0.3, -0.25) is 9.59 Å². The molecule has 2 aromatic heterocycles. The lowest BCUT2D eigenvalue weighted by molar-refractivity contribution is -0.118. The zero-order valence-corrected chi connectivity index (χ0v) is 22.8. The normalized spacial score (nSPS) is 14.5. The van der Waals surface area contributed by atoms with E-state index in [-0.39, 0.29) is 24.4 Å². The third kappa shape index (κ3) is 5.83. The van der Waals surface area contributed by atoms with Crippen LogP contribution in [0.4, 0.5) is 5.00 Å². The summed E-state index contributed by atoms with van der Waals surface area (Å²) < 4.78 is 22.3. The van der Waals surface area contributed by atoms with E-state index < -0.39 is 11.9 Å². The van der Waals surface area contributed by atoms with Gasteiger partial charge in [0.25, 0.3) is 5.91 Å². The number of anilines is 1. The van der Waals surface area contributed by atoms with Crippen molar-refractivity contribution in [2.75, 3.05) is 18.5 Å². The van der Waals surface area contributed by atoms with E-state index in [1.54, 1.807) is 37.3 Å². The maximum atomic E-state index is 12.9. The highest BCUT2D eigenvalue weighted by Gasteiger charge is 2.29. The van der Waals surface area contributed by atoms with Gasteiger partial charge in [0.1, 0.15) is 28.3 Å². The van der Waals surface area contributed by atoms with Crippen molar-refractivity contribution in [3.63, 3.8) is 0 Å². The SMILES string of the molecule is CCOC(=O)c1c(NC(=O)COc2ccc3c(=O)c(Oc4ccc(C)cc4)coc3c2)sc2c1CCC(C)C2. The van der Waals surface area contributed by atoms with Crippen molar-refractivity contribution in [2.45, 2.75) is 40.0 Å². The van der Waals surface area contributed by atoms with E-state index >= 15 is 0 Å². The Hall–Kier alpha value is -4.11. The van der Waals surface area contributed by atoms with E-state index in [2.05, 4.69) is 12.2 Å². The first-order valence-electron chi connectivity index (χ1n) is 12.9. The van der Waals surface area contributed by atoms with Crippen molar-refractivity contribution < 1.29 is 28.2 Å². The second kappa shape index (κ2) is 11.3. The number of esters is 1. The summed E-state index contributed by atoms with van der Waals surface area (Å²) in [6.07, 6.45) is 3.91. The molecule has 1 unspecified atom stereocenters. The van der Waals surface area contributed by atoms with Crippen LogP contribution in [0, 0.1) is 12.8 Å². The average Bonchev–Trinajstić information content (AvgIpc) is 3.27. The fourth-order valence-corrected chi connectivity index (χ4v) is 5.97. The highest BCUT2D eigenvalue weighted by Crippen LogP contribution is 2.40. The Balaban J connectivity index is 1.28. The topological polar surface area (TPSA) is 104 Å². The number of aryl methyl sites for hydroxylation is 1. The first-order chi connectivity index (χ1) is 18.8. The molecule has 0 radical (unpaired) electrons. The number of ether oxygens (including phenoxy) is 3. The number of carbonyl (C=O) groups excluding carboxylic acids is 2. The van der Waals surface area contributed by atoms with Gasteiger partial charge < -0.3 is 23.9 Å². The summed E-state index contributed by atoms with van der Waals surface area (Å²) in [6.45, 7) is 5.88. The van der Waals surface area contributed by atoms with Crippen LogP contribution in [0.5, 0.6) is 17.2 Å². The molecule has 1 N–H and O–H groups in total. The van der Waals surface area contributed by atoms with Crippen LogP contribution in [0.1, 0.15) is 46.6 Å². The highest BCUT2D eigenvalue weighted by atomic mass is 32.1. The monoisotopic (exact) mass is 547 g/mol. The Labute approximate surface area is 229 Å². The van der Waals surface area contributed by atoms with E-state index in [0.29, 0.717) is 39.0 Å². The number of benzene rings is 2. The zero-order valence-electron chi connectivity index (χ0n) is 22.0. The highest BCUT2D eigenvalue weighted by molar-refractivity contribution is 7.17. The first-order valence-corrected chi connectivity index (χ1v) is 13.7. The third-order valence-corrected chi connectivity index (χ3v) is 7.75. The molecule has 0 bridgehead atoms. The lowest BCUT2D eigenvalue weighted by atomic mass is 9.88. The molecule has 8 nitrogen and oxygen atoms in total. The smallest absolute Gasteiger partial charge is 0.341 e. The van der Waals surface area contributed by atoms with Crippen molar-refractivity contribution in [1.82, 2.24) is 0 Å². The van der Waals surface area contributed by atoms with Crippen molar-refractivity contribution >= 4 is 39.2 Å². The first kappa shape index (κ1) is 26.5. The number of nitrogens with one attached hydrogen (secondary N) is 1. The summed E-state index contributed by atoms with van der Waals surface area (Å²) in [5, 5.41) is 3.66. The van der Waals surface area contributed by atoms with E-state index in [4.69, 9.17) is 18.6 Å². The minimum Gasteiger partial charge on any atom is -0.484 e. The maximum Gasteiger partial charge on any atom is 0.341 e. The summed E-state index contributed by atoms with van der Waals surface area (Å²) >= 11 is 1.43. The Kier molecular flexibility index (Phi) is 7.70. The largest absolute Gasteiger partial charge is 0.484 e. The molecular formula is C30H29NO7S. The number of thiophene rings is 1. The number of hydrogen-bond acceptors (Lipinski definition) is 8. The van der Waals surface area contributed by atoms with Crippen LogP contribution in [0.15, 0.2) is 57.9 Å². The quantitative estimate of drug-likeness (QED) is 0.259. The van der Waals surface area contributed by atoms with Crippen LogP contribution < -0.4 is 20.2 Å². The predicted molar refractivity (Wildman–Crippen MR) is 149 cm³/mol. The standard InChI is InChI=1S/C30H29NO7S/c1-4-35-30(34)27-22-11-7-18(3)13-25(22)39-29(27)31-26(32)16-36-20-10-12-21-23(14-20)37-15-24(28(21)33)38-19-8-5-17(2)6-9-19/h5-6,8-10,12,14-15,18H,4,7,11,13,16H2,1-3H3,(H,31,32). The van der Waals surface area contributed by atoms with E-state index in [1.165, 1.54) is 17.6 Å². The molecule has 0 fully saturated rings. The molecule has 1 amide bonds. The molecule has 1 atom stereocenters. The molecule has 0 saturated heterocycles. The van der Waals surface area contributed by atoms with Gasteiger partial charge in [0, 0.05) is 10.9 Å². The predicted octanol–water partition coefficient (Wildman–Crippen LogP) is 6.27. The summed E-state index contributed by atoms with van der Waals surface area (Å²) in [6, 6.07) is 12.1. The zero-order chi connectivity index (χ0) is 27.5. The van der Waals surface area contributed by atoms with Crippen molar-refractivity contribution in [1.29, 1.82) is 0 Å². The molecule has 1 aliphatic rings. The Bertz CT molecular complexity index is 1590. The molecule has 39 heavy (non-hydrogen) atoms. The van der Waals surface area contributed by atoms with Gasteiger partial charge >= 0.3 is 5.97 Å². The van der Waals surface area contributed by atoms with Gasteiger partial charge in [0.15, 0.2) is 6.61 Å². The molecule has 2 aromatic carbocycles. The van der Waals surface area contributed by atoms with E-state index in [9.17, 15) is 14.4 Å². The van der Waals surface area contributed by atoms with Crippen LogP contribution in [0.2, 0.25) is 0 Å². The number of hydrogen-bond donors (Lipinski definition) is 1. The molecule has 9 heteroatoms. The number of amides is 1. The second-order valence-corrected chi connectivity index (χ2v) is 10.7. The van der Waals surface area contributed by atoms with Crippen LogP contribution in [-0.4, -0.2) is 25.1 Å². The second-order valence-electron chi connectivity index (χ2n) is 9.62. The van der Waals surface area contributed by atoms with E-state index in [0.717, 1.165) is 35.3 Å². The van der Waals surface area contributed by atoms with Gasteiger partial charge in [-0.2, -0.15) is 0 Å². The summed E-state index contributed by atoms with van der Waals surface area (Å²) in [5.41, 5.74) is 2.50. The lowest BCUT2D eigenvalue weighted by Crippen LogP contribution is -2.21. The van der Waals surface area contributed by atoms with Crippen LogP contribution in [-0.2, 0) is 22.4 Å². The molecule has 2 heterocycles. The maximum absolute atomic E-state index is 12.9. The Morgan fingerprint density at radius 2 is 1.90 bits per heavy atom. The minimum absolute atomic E-state index is 0.0739.